The number of amides is 1. The summed E-state index contributed by atoms with van der Waals surface area (Å²) in [5, 5.41) is 23.2. The zero-order chi connectivity index (χ0) is 22.7. The molecule has 0 aliphatic carbocycles. The van der Waals surface area contributed by atoms with Gasteiger partial charge in [-0.2, -0.15) is 0 Å². The van der Waals surface area contributed by atoms with Gasteiger partial charge in [-0.3, -0.25) is 14.5 Å². The number of ketones is 1. The summed E-state index contributed by atoms with van der Waals surface area (Å²) in [4.78, 5) is 31.5. The van der Waals surface area contributed by atoms with E-state index in [1.54, 1.807) is 41.8 Å². The molecular weight excluding hydrogens is 428 g/mol. The minimum absolute atomic E-state index is 0.0152. The number of hydrogen-bond acceptors (Lipinski definition) is 7. The molecule has 0 spiro atoms. The van der Waals surface area contributed by atoms with Crippen molar-refractivity contribution in [3.63, 3.8) is 0 Å². The Hall–Kier alpha value is -3.65. The topological polar surface area (TPSA) is 100.0 Å². The molecule has 0 bridgehead atoms. The zero-order valence-electron chi connectivity index (χ0n) is 17.4. The van der Waals surface area contributed by atoms with E-state index in [4.69, 9.17) is 4.74 Å². The lowest BCUT2D eigenvalue weighted by Gasteiger charge is -2.23. The van der Waals surface area contributed by atoms with Crippen LogP contribution in [-0.2, 0) is 9.59 Å². The van der Waals surface area contributed by atoms with Gasteiger partial charge in [-0.25, -0.2) is 4.98 Å². The van der Waals surface area contributed by atoms with Gasteiger partial charge in [-0.1, -0.05) is 37.6 Å². The Morgan fingerprint density at radius 3 is 2.72 bits per heavy atom. The van der Waals surface area contributed by atoms with E-state index in [0.29, 0.717) is 28.6 Å². The van der Waals surface area contributed by atoms with Crippen molar-refractivity contribution in [1.29, 1.82) is 0 Å². The number of nitrogens with zero attached hydrogens (tertiary/aromatic N) is 2. The van der Waals surface area contributed by atoms with Gasteiger partial charge in [-0.15, -0.1) is 11.3 Å². The molecule has 2 N–H and O–H groups in total. The fourth-order valence-corrected chi connectivity index (χ4v) is 4.27. The molecule has 1 fully saturated rings. The van der Waals surface area contributed by atoms with Crippen LogP contribution in [0.2, 0.25) is 0 Å². The standard InChI is InChI=1S/C24H22N2O5S/c1-2-3-11-31-18-9-5-7-16(14-18)21(28)19-20(15-6-4-8-17(27)13-15)26(23(30)22(19)29)24-25-10-12-32-24/h4-10,12-14,20,27-28H,2-3,11H2,1H3/b21-19+. The highest BCUT2D eigenvalue weighted by atomic mass is 32.1. The fourth-order valence-electron chi connectivity index (χ4n) is 3.60. The molecule has 1 atom stereocenters. The quantitative estimate of drug-likeness (QED) is 0.235. The molecule has 32 heavy (non-hydrogen) atoms. The van der Waals surface area contributed by atoms with E-state index >= 15 is 0 Å². The molecule has 0 radical (unpaired) electrons. The molecule has 1 aromatic heterocycles. The second kappa shape index (κ2) is 9.23. The molecule has 3 aromatic rings. The molecule has 1 unspecified atom stereocenters. The minimum atomic E-state index is -0.932. The van der Waals surface area contributed by atoms with Gasteiger partial charge >= 0.3 is 5.91 Å². The summed E-state index contributed by atoms with van der Waals surface area (Å²) in [6, 6.07) is 12.1. The number of benzene rings is 2. The number of aliphatic hydroxyl groups excluding tert-OH is 1. The normalized spacial score (nSPS) is 17.7. The second-order valence-electron chi connectivity index (χ2n) is 7.31. The van der Waals surface area contributed by atoms with Crippen molar-refractivity contribution in [3.8, 4) is 11.5 Å². The van der Waals surface area contributed by atoms with Crippen LogP contribution in [0.15, 0.2) is 65.7 Å². The lowest BCUT2D eigenvalue weighted by molar-refractivity contribution is -0.132. The van der Waals surface area contributed by atoms with E-state index < -0.39 is 17.7 Å². The SMILES string of the molecule is CCCCOc1cccc(/C(O)=C2\C(=O)C(=O)N(c3nccs3)C2c2cccc(O)c2)c1. The van der Waals surface area contributed by atoms with Crippen molar-refractivity contribution in [2.75, 3.05) is 11.5 Å². The number of aromatic hydroxyl groups is 1. The number of aromatic nitrogens is 1. The molecule has 7 nitrogen and oxygen atoms in total. The third-order valence-electron chi connectivity index (χ3n) is 5.13. The second-order valence-corrected chi connectivity index (χ2v) is 8.18. The van der Waals surface area contributed by atoms with Crippen LogP contribution >= 0.6 is 11.3 Å². The molecule has 8 heteroatoms. The minimum Gasteiger partial charge on any atom is -0.508 e. The first-order valence-corrected chi connectivity index (χ1v) is 11.1. The maximum absolute atomic E-state index is 13.1. The smallest absolute Gasteiger partial charge is 0.301 e. The lowest BCUT2D eigenvalue weighted by atomic mass is 9.95. The Bertz CT molecular complexity index is 1170. The Kier molecular flexibility index (Phi) is 6.23. The summed E-state index contributed by atoms with van der Waals surface area (Å²) in [5.41, 5.74) is 0.777. The van der Waals surface area contributed by atoms with Gasteiger partial charge in [0.05, 0.1) is 18.2 Å². The molecule has 1 aliphatic rings. The monoisotopic (exact) mass is 450 g/mol. The Morgan fingerprint density at radius 2 is 2.00 bits per heavy atom. The van der Waals surface area contributed by atoms with Crippen LogP contribution < -0.4 is 9.64 Å². The van der Waals surface area contributed by atoms with Gasteiger partial charge in [-0.05, 0) is 36.2 Å². The lowest BCUT2D eigenvalue weighted by Crippen LogP contribution is -2.29. The molecule has 2 aromatic carbocycles. The highest BCUT2D eigenvalue weighted by Crippen LogP contribution is 2.43. The average molecular weight is 451 g/mol. The van der Waals surface area contributed by atoms with Crippen molar-refractivity contribution < 1.29 is 24.5 Å². The number of thiazole rings is 1. The number of aliphatic hydroxyl groups is 1. The van der Waals surface area contributed by atoms with E-state index in [2.05, 4.69) is 11.9 Å². The van der Waals surface area contributed by atoms with Crippen molar-refractivity contribution in [3.05, 3.63) is 76.8 Å². The molecule has 164 valence electrons. The number of phenolic OH excluding ortho intramolecular Hbond substituents is 1. The highest BCUT2D eigenvalue weighted by molar-refractivity contribution is 7.14. The predicted molar refractivity (Wildman–Crippen MR) is 122 cm³/mol. The molecule has 0 saturated carbocycles. The molecule has 1 amide bonds. The maximum Gasteiger partial charge on any atom is 0.301 e. The van der Waals surface area contributed by atoms with Crippen LogP contribution in [0.25, 0.3) is 5.76 Å². The summed E-state index contributed by atoms with van der Waals surface area (Å²) >= 11 is 1.21. The van der Waals surface area contributed by atoms with Crippen LogP contribution in [0.4, 0.5) is 5.13 Å². The third kappa shape index (κ3) is 4.09. The van der Waals surface area contributed by atoms with Crippen LogP contribution in [0.3, 0.4) is 0 Å². The van der Waals surface area contributed by atoms with Gasteiger partial charge < -0.3 is 14.9 Å². The van der Waals surface area contributed by atoms with E-state index in [1.807, 2.05) is 0 Å². The first-order valence-electron chi connectivity index (χ1n) is 10.2. The molecule has 1 saturated heterocycles. The number of Topliss-reactive ketones (excluding diaryl/α,β-unsaturated/α-hetero) is 1. The van der Waals surface area contributed by atoms with Gasteiger partial charge in [0.2, 0.25) is 0 Å². The van der Waals surface area contributed by atoms with E-state index in [1.165, 1.54) is 34.6 Å². The molecule has 1 aliphatic heterocycles. The molecule has 4 rings (SSSR count). The van der Waals surface area contributed by atoms with Crippen molar-refractivity contribution in [1.82, 2.24) is 4.98 Å². The Balaban J connectivity index is 1.83. The largest absolute Gasteiger partial charge is 0.508 e. The van der Waals surface area contributed by atoms with Crippen molar-refractivity contribution >= 4 is 33.9 Å². The summed E-state index contributed by atoms with van der Waals surface area (Å²) in [6.07, 6.45) is 3.42. The first kappa shape index (κ1) is 21.6. The van der Waals surface area contributed by atoms with Gasteiger partial charge in [0, 0.05) is 17.1 Å². The van der Waals surface area contributed by atoms with Gasteiger partial charge in [0.1, 0.15) is 17.3 Å². The van der Waals surface area contributed by atoms with E-state index in [-0.39, 0.29) is 17.1 Å². The van der Waals surface area contributed by atoms with Crippen molar-refractivity contribution in [2.24, 2.45) is 0 Å². The number of unbranched alkanes of at least 4 members (excludes halogenated alkanes) is 1. The van der Waals surface area contributed by atoms with Gasteiger partial charge in [0.15, 0.2) is 5.13 Å². The fraction of sp³-hybridized carbons (Fsp3) is 0.208. The van der Waals surface area contributed by atoms with Crippen LogP contribution in [-0.4, -0.2) is 33.5 Å². The van der Waals surface area contributed by atoms with Gasteiger partial charge in [0.25, 0.3) is 5.78 Å². The van der Waals surface area contributed by atoms with E-state index in [9.17, 15) is 19.8 Å². The Morgan fingerprint density at radius 1 is 1.19 bits per heavy atom. The summed E-state index contributed by atoms with van der Waals surface area (Å²) < 4.78 is 5.72. The first-order chi connectivity index (χ1) is 15.5. The van der Waals surface area contributed by atoms with Crippen LogP contribution in [0.1, 0.15) is 36.9 Å². The number of carbonyl (C=O) groups is 2. The molecule has 2 heterocycles. The molecular formula is C24H22N2O5S. The average Bonchev–Trinajstić information content (AvgIpc) is 3.41. The summed E-state index contributed by atoms with van der Waals surface area (Å²) in [6.45, 7) is 2.60. The highest BCUT2D eigenvalue weighted by Gasteiger charge is 2.48. The summed E-state index contributed by atoms with van der Waals surface area (Å²) in [7, 11) is 0. The number of phenols is 1. The van der Waals surface area contributed by atoms with Crippen LogP contribution in [0.5, 0.6) is 11.5 Å². The predicted octanol–water partition coefficient (Wildman–Crippen LogP) is 4.65. The maximum atomic E-state index is 13.1. The summed E-state index contributed by atoms with van der Waals surface area (Å²) in [5.74, 6) is -1.37. The van der Waals surface area contributed by atoms with E-state index in [0.717, 1.165) is 12.8 Å². The number of carbonyl (C=O) groups excluding carboxylic acids is 2. The number of hydrogen-bond donors (Lipinski definition) is 2. The zero-order valence-corrected chi connectivity index (χ0v) is 18.2. The number of rotatable bonds is 7. The Labute approximate surface area is 189 Å². The third-order valence-corrected chi connectivity index (χ3v) is 5.90. The van der Waals surface area contributed by atoms with Crippen LogP contribution in [0, 0.1) is 0 Å². The number of anilines is 1. The van der Waals surface area contributed by atoms with Crippen molar-refractivity contribution in [2.45, 2.75) is 25.8 Å². The number of ether oxygens (including phenoxy) is 1.